The number of hydrogen-bond donors (Lipinski definition) is 4. The summed E-state index contributed by atoms with van der Waals surface area (Å²) in [6.45, 7) is 1.50. The molecule has 9 nitrogen and oxygen atoms in total. The number of ether oxygens (including phenoxy) is 1. The number of thiazole rings is 1. The van der Waals surface area contributed by atoms with Crippen LogP contribution in [0.5, 0.6) is 0 Å². The Morgan fingerprint density at radius 2 is 1.71 bits per heavy atom. The van der Waals surface area contributed by atoms with Crippen molar-refractivity contribution in [1.82, 2.24) is 15.6 Å². The monoisotopic (exact) mass is 481 g/mol. The molecule has 10 heteroatoms. The van der Waals surface area contributed by atoms with Gasteiger partial charge in [0.15, 0.2) is 6.04 Å². The number of rotatable bonds is 8. The number of benzene rings is 2. The fourth-order valence-electron chi connectivity index (χ4n) is 3.90. The molecule has 1 aromatic heterocycles. The predicted octanol–water partition coefficient (Wildman–Crippen LogP) is 2.75. The molecule has 1 aliphatic carbocycles. The number of fused-ring (bicyclic) bond motifs is 3. The molecule has 4 N–H and O–H groups in total. The third-order valence-corrected chi connectivity index (χ3v) is 6.40. The maximum Gasteiger partial charge on any atom is 0.407 e. The number of carboxylic acids is 1. The van der Waals surface area contributed by atoms with Crippen molar-refractivity contribution in [2.24, 2.45) is 0 Å². The van der Waals surface area contributed by atoms with E-state index in [1.807, 2.05) is 36.4 Å². The summed E-state index contributed by atoms with van der Waals surface area (Å²) in [6.07, 6.45) is -1.88. The van der Waals surface area contributed by atoms with Crippen LogP contribution in [-0.2, 0) is 16.1 Å². The van der Waals surface area contributed by atoms with E-state index in [-0.39, 0.29) is 24.8 Å². The molecule has 0 radical (unpaired) electrons. The first-order valence-electron chi connectivity index (χ1n) is 10.6. The molecule has 1 aliphatic rings. The van der Waals surface area contributed by atoms with Crippen molar-refractivity contribution in [3.8, 4) is 11.1 Å². The molecule has 2 aromatic carbocycles. The van der Waals surface area contributed by atoms with Crippen LogP contribution in [0.1, 0.15) is 39.5 Å². The number of aliphatic hydroxyl groups excluding tert-OH is 1. The van der Waals surface area contributed by atoms with E-state index >= 15 is 0 Å². The molecular weight excluding hydrogens is 458 g/mol. The number of amides is 2. The lowest BCUT2D eigenvalue weighted by Gasteiger charge is -2.16. The quantitative estimate of drug-likeness (QED) is 0.388. The fourth-order valence-corrected chi connectivity index (χ4v) is 4.61. The average Bonchev–Trinajstić information content (AvgIpc) is 3.42. The summed E-state index contributed by atoms with van der Waals surface area (Å²) in [5.74, 6) is -2.13. The highest BCUT2D eigenvalue weighted by Crippen LogP contribution is 2.44. The molecule has 2 amide bonds. The number of carbonyl (C=O) groups is 3. The number of carbonyl (C=O) groups excluding carboxylic acids is 2. The highest BCUT2D eigenvalue weighted by molar-refractivity contribution is 7.09. The van der Waals surface area contributed by atoms with E-state index in [0.717, 1.165) is 33.6 Å². The Kier molecular flexibility index (Phi) is 6.90. The van der Waals surface area contributed by atoms with Crippen LogP contribution in [0.4, 0.5) is 4.79 Å². The van der Waals surface area contributed by atoms with Crippen molar-refractivity contribution in [3.05, 3.63) is 75.7 Å². The SMILES string of the molecule is C[C@@H](O)[C@H](NC(=O)c1csc(CNC(=O)OCC2c3ccccc3-c3ccccc32)n1)C(=O)O. The van der Waals surface area contributed by atoms with Crippen LogP contribution < -0.4 is 10.6 Å². The van der Waals surface area contributed by atoms with E-state index < -0.39 is 30.1 Å². The highest BCUT2D eigenvalue weighted by atomic mass is 32.1. The first-order chi connectivity index (χ1) is 16.3. The zero-order chi connectivity index (χ0) is 24.2. The molecule has 4 rings (SSSR count). The topological polar surface area (TPSA) is 138 Å². The molecule has 2 atom stereocenters. The molecule has 0 saturated carbocycles. The van der Waals surface area contributed by atoms with Gasteiger partial charge in [-0.2, -0.15) is 0 Å². The Bertz CT molecular complexity index is 1180. The van der Waals surface area contributed by atoms with Crippen molar-refractivity contribution in [3.63, 3.8) is 0 Å². The van der Waals surface area contributed by atoms with Gasteiger partial charge in [0.05, 0.1) is 12.6 Å². The molecule has 0 bridgehead atoms. The lowest BCUT2D eigenvalue weighted by atomic mass is 9.98. The van der Waals surface area contributed by atoms with Crippen LogP contribution in [0.2, 0.25) is 0 Å². The van der Waals surface area contributed by atoms with Gasteiger partial charge in [0.1, 0.15) is 17.3 Å². The number of nitrogens with one attached hydrogen (secondary N) is 2. The van der Waals surface area contributed by atoms with Gasteiger partial charge < -0.3 is 25.6 Å². The summed E-state index contributed by atoms with van der Waals surface area (Å²) in [4.78, 5) is 39.8. The molecule has 3 aromatic rings. The third kappa shape index (κ3) is 4.92. The second-order valence-corrected chi connectivity index (χ2v) is 8.78. The van der Waals surface area contributed by atoms with Gasteiger partial charge in [0.2, 0.25) is 0 Å². The van der Waals surface area contributed by atoms with E-state index in [1.54, 1.807) is 0 Å². The molecule has 0 unspecified atom stereocenters. The number of alkyl carbamates (subject to hydrolysis) is 1. The first kappa shape index (κ1) is 23.4. The van der Waals surface area contributed by atoms with Crippen LogP contribution in [0.3, 0.4) is 0 Å². The summed E-state index contributed by atoms with van der Waals surface area (Å²) >= 11 is 1.14. The van der Waals surface area contributed by atoms with Crippen molar-refractivity contribution >= 4 is 29.3 Å². The Balaban J connectivity index is 1.31. The van der Waals surface area contributed by atoms with Crippen LogP contribution in [0.15, 0.2) is 53.9 Å². The van der Waals surface area contributed by atoms with Crippen LogP contribution in [-0.4, -0.2) is 51.9 Å². The van der Waals surface area contributed by atoms with Gasteiger partial charge in [-0.05, 0) is 29.2 Å². The summed E-state index contributed by atoms with van der Waals surface area (Å²) in [7, 11) is 0. The molecule has 0 aliphatic heterocycles. The minimum atomic E-state index is -1.45. The second kappa shape index (κ2) is 10.0. The molecule has 0 fully saturated rings. The number of aliphatic hydroxyl groups is 1. The van der Waals surface area contributed by atoms with Gasteiger partial charge in [0, 0.05) is 11.3 Å². The van der Waals surface area contributed by atoms with Gasteiger partial charge in [-0.25, -0.2) is 14.6 Å². The average molecular weight is 482 g/mol. The Morgan fingerprint density at radius 1 is 1.09 bits per heavy atom. The van der Waals surface area contributed by atoms with Crippen LogP contribution >= 0.6 is 11.3 Å². The van der Waals surface area contributed by atoms with Crippen molar-refractivity contribution in [1.29, 1.82) is 0 Å². The van der Waals surface area contributed by atoms with Gasteiger partial charge in [-0.1, -0.05) is 48.5 Å². The molecule has 176 valence electrons. The smallest absolute Gasteiger partial charge is 0.407 e. The van der Waals surface area contributed by atoms with Crippen LogP contribution in [0.25, 0.3) is 11.1 Å². The fraction of sp³-hybridized carbons (Fsp3) is 0.250. The van der Waals surface area contributed by atoms with E-state index in [0.29, 0.717) is 5.01 Å². The third-order valence-electron chi connectivity index (χ3n) is 5.55. The van der Waals surface area contributed by atoms with E-state index in [4.69, 9.17) is 9.84 Å². The van der Waals surface area contributed by atoms with E-state index in [1.165, 1.54) is 12.3 Å². The minimum absolute atomic E-state index is 0.00115. The maximum atomic E-state index is 12.3. The zero-order valence-corrected chi connectivity index (χ0v) is 19.0. The normalized spacial score (nSPS) is 13.9. The van der Waals surface area contributed by atoms with Gasteiger partial charge in [-0.15, -0.1) is 11.3 Å². The summed E-state index contributed by atoms with van der Waals surface area (Å²) in [5.41, 5.74) is 4.51. The number of carboxylic acid groups (broad SMARTS) is 1. The van der Waals surface area contributed by atoms with Crippen molar-refractivity contribution < 1.29 is 29.3 Å². The van der Waals surface area contributed by atoms with Gasteiger partial charge in [0.25, 0.3) is 5.91 Å². The molecule has 0 spiro atoms. The second-order valence-electron chi connectivity index (χ2n) is 7.84. The summed E-state index contributed by atoms with van der Waals surface area (Å²) in [5, 5.41) is 25.3. The maximum absolute atomic E-state index is 12.3. The largest absolute Gasteiger partial charge is 0.480 e. The van der Waals surface area contributed by atoms with Gasteiger partial charge in [-0.3, -0.25) is 4.79 Å². The lowest BCUT2D eigenvalue weighted by Crippen LogP contribution is -2.47. The van der Waals surface area contributed by atoms with E-state index in [9.17, 15) is 19.5 Å². The molecule has 34 heavy (non-hydrogen) atoms. The molecule has 0 saturated heterocycles. The predicted molar refractivity (Wildman–Crippen MR) is 125 cm³/mol. The Morgan fingerprint density at radius 3 is 2.29 bits per heavy atom. The van der Waals surface area contributed by atoms with Crippen molar-refractivity contribution in [2.45, 2.75) is 31.5 Å². The van der Waals surface area contributed by atoms with E-state index in [2.05, 4.69) is 27.8 Å². The zero-order valence-electron chi connectivity index (χ0n) is 18.2. The number of nitrogens with zero attached hydrogens (tertiary/aromatic N) is 1. The Labute approximate surface area is 199 Å². The summed E-state index contributed by atoms with van der Waals surface area (Å²) in [6, 6.07) is 14.7. The first-order valence-corrected chi connectivity index (χ1v) is 11.5. The number of aromatic nitrogens is 1. The summed E-state index contributed by atoms with van der Waals surface area (Å²) < 4.78 is 5.48. The molecule has 1 heterocycles. The Hall–Kier alpha value is -3.76. The highest BCUT2D eigenvalue weighted by Gasteiger charge is 2.29. The van der Waals surface area contributed by atoms with Crippen molar-refractivity contribution in [2.75, 3.05) is 6.61 Å². The minimum Gasteiger partial charge on any atom is -0.480 e. The van der Waals surface area contributed by atoms with Crippen LogP contribution in [0, 0.1) is 0 Å². The molecular formula is C24H23N3O6S. The van der Waals surface area contributed by atoms with Gasteiger partial charge >= 0.3 is 12.1 Å². The number of aliphatic carboxylic acids is 1. The lowest BCUT2D eigenvalue weighted by molar-refractivity contribution is -0.141. The number of hydrogen-bond acceptors (Lipinski definition) is 7. The standard InChI is InChI=1S/C24H23N3O6S/c1-13(28)21(23(30)31)27-22(29)19-12-34-20(26-19)10-25-24(32)33-11-18-16-8-4-2-6-14(16)15-7-3-5-9-17(15)18/h2-9,12-13,18,21,28H,10-11H2,1H3,(H,25,32)(H,27,29)(H,30,31)/t13-,21+/m1/s1.